The van der Waals surface area contributed by atoms with Gasteiger partial charge in [-0.05, 0) is 37.1 Å². The Kier molecular flexibility index (Phi) is 2.04. The Balaban J connectivity index is 2.24. The van der Waals surface area contributed by atoms with Gasteiger partial charge in [0.05, 0.1) is 23.6 Å². The van der Waals surface area contributed by atoms with Gasteiger partial charge in [-0.2, -0.15) is 0 Å². The lowest BCUT2D eigenvalue weighted by atomic mass is 10.1. The van der Waals surface area contributed by atoms with E-state index in [0.29, 0.717) is 0 Å². The van der Waals surface area contributed by atoms with Crippen LogP contribution >= 0.6 is 0 Å². The third kappa shape index (κ3) is 1.53. The van der Waals surface area contributed by atoms with E-state index in [2.05, 4.69) is 40.9 Å². The van der Waals surface area contributed by atoms with Gasteiger partial charge in [-0.15, -0.1) is 0 Å². The molecule has 0 fully saturated rings. The molecule has 0 saturated heterocycles. The highest BCUT2D eigenvalue weighted by molar-refractivity contribution is 5.80. The predicted molar refractivity (Wildman–Crippen MR) is 67.8 cm³/mol. The summed E-state index contributed by atoms with van der Waals surface area (Å²) >= 11 is 0. The van der Waals surface area contributed by atoms with E-state index >= 15 is 0 Å². The average molecular weight is 226 g/mol. The lowest BCUT2D eigenvalue weighted by Crippen LogP contribution is -1.90. The number of hydrogen-bond acceptors (Lipinski definition) is 2. The number of rotatable bonds is 1. The fourth-order valence-corrected chi connectivity index (χ4v) is 1.98. The highest BCUT2D eigenvalue weighted by atomic mass is 15.1. The van der Waals surface area contributed by atoms with Crippen LogP contribution in [0.15, 0.2) is 24.7 Å². The zero-order valence-electron chi connectivity index (χ0n) is 10.2. The van der Waals surface area contributed by atoms with Gasteiger partial charge in [0.2, 0.25) is 0 Å². The van der Waals surface area contributed by atoms with Crippen LogP contribution in [0.25, 0.3) is 22.6 Å². The first-order valence-electron chi connectivity index (χ1n) is 5.59. The molecule has 0 unspecified atom stereocenters. The summed E-state index contributed by atoms with van der Waals surface area (Å²) in [4.78, 5) is 12.0. The first-order valence-corrected chi connectivity index (χ1v) is 5.59. The molecule has 2 aromatic heterocycles. The van der Waals surface area contributed by atoms with E-state index in [9.17, 15) is 0 Å². The maximum absolute atomic E-state index is 4.60. The molecule has 17 heavy (non-hydrogen) atoms. The minimum atomic E-state index is 0.866. The van der Waals surface area contributed by atoms with Crippen molar-refractivity contribution in [2.45, 2.75) is 13.8 Å². The third-order valence-corrected chi connectivity index (χ3v) is 3.16. The van der Waals surface area contributed by atoms with Crippen LogP contribution in [-0.2, 0) is 7.05 Å². The summed E-state index contributed by atoms with van der Waals surface area (Å²) < 4.78 is 1.96. The normalized spacial score (nSPS) is 11.2. The van der Waals surface area contributed by atoms with Gasteiger partial charge in [0.25, 0.3) is 0 Å². The quantitative estimate of drug-likeness (QED) is 0.693. The number of nitrogens with zero attached hydrogens (tertiary/aromatic N) is 3. The number of hydrogen-bond donors (Lipinski definition) is 1. The summed E-state index contributed by atoms with van der Waals surface area (Å²) in [6.07, 6.45) is 3.59. The van der Waals surface area contributed by atoms with Crippen molar-refractivity contribution in [2.75, 3.05) is 0 Å². The molecule has 1 N–H and O–H groups in total. The van der Waals surface area contributed by atoms with Crippen LogP contribution in [0.4, 0.5) is 0 Å². The van der Waals surface area contributed by atoms with E-state index in [1.54, 1.807) is 6.33 Å². The number of aryl methyl sites for hydroxylation is 3. The minimum absolute atomic E-state index is 0.866. The Morgan fingerprint density at radius 1 is 1.18 bits per heavy atom. The molecule has 1 aromatic carbocycles. The second-order valence-electron chi connectivity index (χ2n) is 4.43. The standard InChI is InChI=1S/C13H14N4/c1-8-4-10-11(5-9(8)2)16-13(15-10)12-6-14-7-17(12)3/h4-7H,1-3H3,(H,15,16). The molecule has 3 aromatic rings. The average Bonchev–Trinajstić information content (AvgIpc) is 2.85. The Morgan fingerprint density at radius 3 is 2.65 bits per heavy atom. The monoisotopic (exact) mass is 226 g/mol. The second kappa shape index (κ2) is 3.45. The van der Waals surface area contributed by atoms with Crippen LogP contribution in [0, 0.1) is 13.8 Å². The smallest absolute Gasteiger partial charge is 0.156 e. The minimum Gasteiger partial charge on any atom is -0.337 e. The van der Waals surface area contributed by atoms with E-state index in [0.717, 1.165) is 22.6 Å². The van der Waals surface area contributed by atoms with Crippen LogP contribution < -0.4 is 0 Å². The van der Waals surface area contributed by atoms with Gasteiger partial charge in [-0.3, -0.25) is 0 Å². The molecule has 0 radical (unpaired) electrons. The predicted octanol–water partition coefficient (Wildman–Crippen LogP) is 2.58. The van der Waals surface area contributed by atoms with Gasteiger partial charge in [0.15, 0.2) is 5.82 Å². The lowest BCUT2D eigenvalue weighted by molar-refractivity contribution is 0.913. The summed E-state index contributed by atoms with van der Waals surface area (Å²) in [6, 6.07) is 4.25. The molecule has 86 valence electrons. The maximum atomic E-state index is 4.60. The van der Waals surface area contributed by atoms with Crippen LogP contribution in [0.1, 0.15) is 11.1 Å². The first-order chi connectivity index (χ1) is 8.15. The second-order valence-corrected chi connectivity index (χ2v) is 4.43. The van der Waals surface area contributed by atoms with Crippen molar-refractivity contribution in [2.24, 2.45) is 7.05 Å². The van der Waals surface area contributed by atoms with Gasteiger partial charge in [-0.25, -0.2) is 9.97 Å². The van der Waals surface area contributed by atoms with Gasteiger partial charge in [0, 0.05) is 7.05 Å². The molecule has 3 rings (SSSR count). The molecule has 0 saturated carbocycles. The summed E-state index contributed by atoms with van der Waals surface area (Å²) in [7, 11) is 1.96. The summed E-state index contributed by atoms with van der Waals surface area (Å²) in [5.74, 6) is 0.866. The number of aromatic nitrogens is 4. The van der Waals surface area contributed by atoms with E-state index in [4.69, 9.17) is 0 Å². The molecule has 0 spiro atoms. The summed E-state index contributed by atoms with van der Waals surface area (Å²) in [5.41, 5.74) is 5.61. The van der Waals surface area contributed by atoms with Crippen molar-refractivity contribution >= 4 is 11.0 Å². The Bertz CT molecular complexity index is 652. The largest absolute Gasteiger partial charge is 0.337 e. The van der Waals surface area contributed by atoms with Crippen molar-refractivity contribution < 1.29 is 0 Å². The molecular formula is C13H14N4. The lowest BCUT2D eigenvalue weighted by Gasteiger charge is -1.97. The SMILES string of the molecule is Cc1cc2nc(-c3cncn3C)[nH]c2cc1C. The fourth-order valence-electron chi connectivity index (χ4n) is 1.98. The number of benzene rings is 1. The molecule has 0 atom stereocenters. The summed E-state index contributed by atoms with van der Waals surface area (Å²) in [5, 5.41) is 0. The number of nitrogens with one attached hydrogen (secondary N) is 1. The van der Waals surface area contributed by atoms with Gasteiger partial charge in [0.1, 0.15) is 5.69 Å². The van der Waals surface area contributed by atoms with Crippen LogP contribution in [0.3, 0.4) is 0 Å². The Labute approximate surface area is 99.3 Å². The molecular weight excluding hydrogens is 212 g/mol. The zero-order valence-corrected chi connectivity index (χ0v) is 10.2. The molecule has 0 bridgehead atoms. The van der Waals surface area contributed by atoms with Gasteiger partial charge < -0.3 is 9.55 Å². The van der Waals surface area contributed by atoms with E-state index < -0.39 is 0 Å². The molecule has 4 nitrogen and oxygen atoms in total. The topological polar surface area (TPSA) is 46.5 Å². The van der Waals surface area contributed by atoms with Crippen LogP contribution in [0.5, 0.6) is 0 Å². The third-order valence-electron chi connectivity index (χ3n) is 3.16. The maximum Gasteiger partial charge on any atom is 0.156 e. The van der Waals surface area contributed by atoms with Crippen molar-refractivity contribution in [1.82, 2.24) is 19.5 Å². The number of fused-ring (bicyclic) bond motifs is 1. The van der Waals surface area contributed by atoms with Crippen molar-refractivity contribution in [3.8, 4) is 11.5 Å². The highest BCUT2D eigenvalue weighted by Crippen LogP contribution is 2.22. The summed E-state index contributed by atoms with van der Waals surface area (Å²) in [6.45, 7) is 4.21. The van der Waals surface area contributed by atoms with E-state index in [1.807, 2.05) is 17.8 Å². The van der Waals surface area contributed by atoms with E-state index in [1.165, 1.54) is 11.1 Å². The highest BCUT2D eigenvalue weighted by Gasteiger charge is 2.09. The molecule has 0 amide bonds. The van der Waals surface area contributed by atoms with E-state index in [-0.39, 0.29) is 0 Å². The zero-order chi connectivity index (χ0) is 12.0. The van der Waals surface area contributed by atoms with Crippen molar-refractivity contribution in [3.63, 3.8) is 0 Å². The Morgan fingerprint density at radius 2 is 1.94 bits per heavy atom. The molecule has 4 heteroatoms. The van der Waals surface area contributed by atoms with Crippen LogP contribution in [-0.4, -0.2) is 19.5 Å². The molecule has 0 aliphatic rings. The fraction of sp³-hybridized carbons (Fsp3) is 0.231. The Hall–Kier alpha value is -2.10. The number of imidazole rings is 2. The number of aromatic amines is 1. The molecule has 0 aliphatic heterocycles. The number of H-pyrrole nitrogens is 1. The first kappa shape index (κ1) is 10.1. The molecule has 2 heterocycles. The van der Waals surface area contributed by atoms with Crippen molar-refractivity contribution in [3.05, 3.63) is 35.8 Å². The van der Waals surface area contributed by atoms with Gasteiger partial charge in [-0.1, -0.05) is 0 Å². The molecule has 0 aliphatic carbocycles. The van der Waals surface area contributed by atoms with Crippen molar-refractivity contribution in [1.29, 1.82) is 0 Å². The van der Waals surface area contributed by atoms with Crippen LogP contribution in [0.2, 0.25) is 0 Å². The van der Waals surface area contributed by atoms with Gasteiger partial charge >= 0.3 is 0 Å².